The van der Waals surface area contributed by atoms with Gasteiger partial charge in [0.15, 0.2) is 17.3 Å². The Morgan fingerprint density at radius 3 is 2.25 bits per heavy atom. The van der Waals surface area contributed by atoms with Gasteiger partial charge in [0.2, 0.25) is 5.78 Å². The third kappa shape index (κ3) is 5.59. The minimum atomic E-state index is -2.89. The van der Waals surface area contributed by atoms with Gasteiger partial charge >= 0.3 is 5.97 Å². The van der Waals surface area contributed by atoms with Crippen molar-refractivity contribution < 1.29 is 49.8 Å². The fraction of sp³-hybridized carbons (Fsp3) is 0.464. The minimum Gasteiger partial charge on any atom is -0.508 e. The van der Waals surface area contributed by atoms with Gasteiger partial charge in [-0.05, 0) is 44.5 Å². The van der Waals surface area contributed by atoms with Gasteiger partial charge < -0.3 is 53.6 Å². The molecular weight excluding hydrogens is 580 g/mol. The predicted octanol–water partition coefficient (Wildman–Crippen LogP) is -2.05. The molecule has 240 valence electrons. The quantitative estimate of drug-likeness (QED) is 0.0680. The summed E-state index contributed by atoms with van der Waals surface area (Å²) in [6, 6.07) is 2.31. The Hall–Kier alpha value is -4.51. The van der Waals surface area contributed by atoms with Crippen molar-refractivity contribution in [2.75, 3.05) is 20.6 Å². The van der Waals surface area contributed by atoms with Gasteiger partial charge in [-0.15, -0.1) is 0 Å². The molecule has 16 nitrogen and oxygen atoms in total. The number of aliphatic carboxylic acids is 1. The van der Waals surface area contributed by atoms with Crippen molar-refractivity contribution in [3.63, 3.8) is 0 Å². The van der Waals surface area contributed by atoms with Gasteiger partial charge in [-0.2, -0.15) is 0 Å². The number of carboxylic acids is 1. The number of carbonyl (C=O) groups is 4. The Morgan fingerprint density at radius 1 is 1.11 bits per heavy atom. The second-order valence-corrected chi connectivity index (χ2v) is 11.2. The summed E-state index contributed by atoms with van der Waals surface area (Å²) >= 11 is 0. The number of likely N-dealkylation sites (N-methyl/N-ethyl adjacent to an activating group) is 1. The highest BCUT2D eigenvalue weighted by Gasteiger charge is 2.68. The highest BCUT2D eigenvalue weighted by atomic mass is 16.4. The molecule has 0 heterocycles. The lowest BCUT2D eigenvalue weighted by atomic mass is 9.54. The smallest absolute Gasteiger partial charge is 0.320 e. The molecule has 0 radical (unpaired) electrons. The third-order valence-electron chi connectivity index (χ3n) is 8.28. The van der Waals surface area contributed by atoms with Gasteiger partial charge in [-0.25, -0.2) is 0 Å². The second-order valence-electron chi connectivity index (χ2n) is 11.2. The number of ketones is 2. The van der Waals surface area contributed by atoms with Crippen molar-refractivity contribution in [3.8, 4) is 5.75 Å². The van der Waals surface area contributed by atoms with E-state index in [2.05, 4.69) is 4.99 Å². The van der Waals surface area contributed by atoms with E-state index in [9.17, 15) is 44.7 Å². The van der Waals surface area contributed by atoms with Crippen LogP contribution in [-0.4, -0.2) is 109 Å². The molecule has 14 N–H and O–H groups in total. The maximum absolute atomic E-state index is 13.7. The fourth-order valence-corrected chi connectivity index (χ4v) is 6.22. The molecule has 0 spiro atoms. The lowest BCUT2D eigenvalue weighted by molar-refractivity contribution is -0.169. The number of aromatic hydroxyl groups is 1. The number of phenolic OH excluding ortho intramolecular Hbond substituents is 1. The van der Waals surface area contributed by atoms with E-state index >= 15 is 0 Å². The van der Waals surface area contributed by atoms with E-state index in [4.69, 9.17) is 28.0 Å². The zero-order chi connectivity index (χ0) is 33.4. The SMILES string of the molecule is C[C@H]1c2cccc(O)c2C(O)=C2C(=O)[C@]3(O)C(O)=C(C(N)=O)C(=O)[C@@H](N(C)C)[C@@H]3[C@@H](O)[C@@H]21.NC(N)=NCCC[C@H](N)C(=O)O. The molecule has 1 amide bonds. The van der Waals surface area contributed by atoms with E-state index in [1.807, 2.05) is 0 Å². The van der Waals surface area contributed by atoms with Crippen molar-refractivity contribution in [1.82, 2.24) is 4.90 Å². The number of Topliss-reactive ketones (excluding diaryl/α,β-unsaturated/α-hetero) is 2. The lowest BCUT2D eigenvalue weighted by Gasteiger charge is -2.53. The highest BCUT2D eigenvalue weighted by Crippen LogP contribution is 2.55. The number of fused-ring (bicyclic) bond motifs is 3. The van der Waals surface area contributed by atoms with Crippen LogP contribution in [0.2, 0.25) is 0 Å². The molecule has 16 heteroatoms. The first-order valence-corrected chi connectivity index (χ1v) is 13.6. The fourth-order valence-electron chi connectivity index (χ4n) is 6.22. The Morgan fingerprint density at radius 2 is 1.73 bits per heavy atom. The number of phenols is 1. The minimum absolute atomic E-state index is 0.0129. The number of benzene rings is 1. The van der Waals surface area contributed by atoms with Crippen LogP contribution >= 0.6 is 0 Å². The number of aliphatic hydroxyl groups excluding tert-OH is 3. The summed E-state index contributed by atoms with van der Waals surface area (Å²) in [6.45, 7) is 2.10. The monoisotopic (exact) mass is 618 g/mol. The second kappa shape index (κ2) is 12.6. The summed E-state index contributed by atoms with van der Waals surface area (Å²) in [5.41, 5.74) is 16.8. The predicted molar refractivity (Wildman–Crippen MR) is 156 cm³/mol. The van der Waals surface area contributed by atoms with Crippen LogP contribution < -0.4 is 22.9 Å². The molecule has 0 aromatic heterocycles. The largest absolute Gasteiger partial charge is 0.508 e. The van der Waals surface area contributed by atoms with Gasteiger partial charge in [-0.3, -0.25) is 29.1 Å². The Labute approximate surface area is 251 Å². The van der Waals surface area contributed by atoms with E-state index in [0.717, 1.165) is 0 Å². The van der Waals surface area contributed by atoms with E-state index in [-0.39, 0.29) is 17.3 Å². The number of aliphatic imine (C=N–C) groups is 1. The summed E-state index contributed by atoms with van der Waals surface area (Å²) in [6.07, 6.45) is -0.634. The standard InChI is InChI=1S/C22H24N2O8.C6H14N4O2/c1-7-8-5-4-6-9(25)11(8)16(26)12-10(7)17(27)14-15(24(2)3)18(28)13(21(23)31)20(30)22(14,32)19(12)29;7-4(5(11)12)2-1-3-10-6(8)9/h4-7,10,14-15,17,25-27,30,32H,1-3H3,(H2,23,31);4H,1-3,7H2,(H,11,12)(H4,8,9,10)/t7-,10+,14+,15-,17-,22-;4-/m00/s1. The number of amides is 1. The summed E-state index contributed by atoms with van der Waals surface area (Å²) in [5, 5.41) is 63.3. The topological polar surface area (TPSA) is 309 Å². The van der Waals surface area contributed by atoms with E-state index < -0.39 is 87.6 Å². The zero-order valence-corrected chi connectivity index (χ0v) is 24.3. The number of carboxylic acid groups (broad SMARTS) is 1. The molecule has 3 aliphatic rings. The molecule has 3 aliphatic carbocycles. The van der Waals surface area contributed by atoms with Crippen molar-refractivity contribution >= 4 is 35.2 Å². The van der Waals surface area contributed by atoms with E-state index in [0.29, 0.717) is 24.9 Å². The third-order valence-corrected chi connectivity index (χ3v) is 8.28. The van der Waals surface area contributed by atoms with Crippen LogP contribution in [0.25, 0.3) is 5.76 Å². The van der Waals surface area contributed by atoms with Crippen LogP contribution in [0.15, 0.2) is 40.1 Å². The average Bonchev–Trinajstić information content (AvgIpc) is 2.92. The molecule has 0 bridgehead atoms. The van der Waals surface area contributed by atoms with Crippen LogP contribution in [0.3, 0.4) is 0 Å². The molecule has 0 saturated heterocycles. The normalized spacial score (nSPS) is 28.3. The van der Waals surface area contributed by atoms with Crippen LogP contribution in [-0.2, 0) is 19.2 Å². The number of aliphatic hydroxyl groups is 4. The zero-order valence-electron chi connectivity index (χ0n) is 24.3. The summed E-state index contributed by atoms with van der Waals surface area (Å²) in [5.74, 6) is -9.85. The first-order chi connectivity index (χ1) is 20.4. The van der Waals surface area contributed by atoms with Gasteiger partial charge in [0, 0.05) is 18.0 Å². The van der Waals surface area contributed by atoms with Gasteiger partial charge in [0.05, 0.1) is 23.6 Å². The molecule has 0 aliphatic heterocycles. The molecule has 1 saturated carbocycles. The summed E-state index contributed by atoms with van der Waals surface area (Å²) < 4.78 is 0. The summed E-state index contributed by atoms with van der Waals surface area (Å²) in [7, 11) is 2.92. The maximum Gasteiger partial charge on any atom is 0.320 e. The van der Waals surface area contributed by atoms with Crippen LogP contribution in [0.4, 0.5) is 0 Å². The number of carbonyl (C=O) groups excluding carboxylic acids is 3. The molecular formula is C28H38N6O10. The van der Waals surface area contributed by atoms with Gasteiger partial charge in [0.25, 0.3) is 5.91 Å². The highest BCUT2D eigenvalue weighted by molar-refractivity contribution is 6.24. The molecule has 1 fully saturated rings. The van der Waals surface area contributed by atoms with Gasteiger partial charge in [-0.1, -0.05) is 19.1 Å². The molecule has 0 unspecified atom stereocenters. The Balaban J connectivity index is 0.000000375. The average molecular weight is 619 g/mol. The number of primary amides is 1. The number of nitrogens with two attached hydrogens (primary N) is 4. The van der Waals surface area contributed by atoms with Crippen molar-refractivity contribution in [2.45, 2.75) is 49.5 Å². The number of rotatable bonds is 7. The first-order valence-electron chi connectivity index (χ1n) is 13.6. The first kappa shape index (κ1) is 34.0. The number of guanidine groups is 1. The molecule has 7 atom stereocenters. The summed E-state index contributed by atoms with van der Waals surface area (Å²) in [4.78, 5) is 53.8. The Kier molecular flexibility index (Phi) is 9.74. The van der Waals surface area contributed by atoms with Crippen molar-refractivity contribution in [1.29, 1.82) is 0 Å². The van der Waals surface area contributed by atoms with E-state index in [1.54, 1.807) is 19.1 Å². The molecule has 1 aromatic carbocycles. The lowest BCUT2D eigenvalue weighted by Crippen LogP contribution is -2.70. The number of hydrogen-bond acceptors (Lipinski definition) is 12. The van der Waals surface area contributed by atoms with Gasteiger partial charge in [0.1, 0.15) is 28.9 Å². The molecule has 1 aromatic rings. The van der Waals surface area contributed by atoms with Crippen molar-refractivity contribution in [2.24, 2.45) is 39.8 Å². The van der Waals surface area contributed by atoms with Crippen molar-refractivity contribution in [3.05, 3.63) is 46.2 Å². The van der Waals surface area contributed by atoms with Crippen LogP contribution in [0, 0.1) is 11.8 Å². The Bertz CT molecular complexity index is 1470. The van der Waals surface area contributed by atoms with Crippen LogP contribution in [0.1, 0.15) is 36.8 Å². The number of hydrogen-bond donors (Lipinski definition) is 10. The molecule has 4 rings (SSSR count). The van der Waals surface area contributed by atoms with Crippen LogP contribution in [0.5, 0.6) is 5.75 Å². The number of nitrogens with zero attached hydrogens (tertiary/aromatic N) is 2. The molecule has 44 heavy (non-hydrogen) atoms. The maximum atomic E-state index is 13.7. The van der Waals surface area contributed by atoms with E-state index in [1.165, 1.54) is 25.1 Å².